The van der Waals surface area contributed by atoms with Gasteiger partial charge in [-0.2, -0.15) is 0 Å². The number of tetrazole rings is 1. The van der Waals surface area contributed by atoms with Gasteiger partial charge in [0, 0.05) is 4.75 Å². The first-order valence-electron chi connectivity index (χ1n) is 11.7. The van der Waals surface area contributed by atoms with Crippen molar-refractivity contribution < 1.29 is 4.79 Å². The maximum absolute atomic E-state index is 12.7. The molecule has 0 saturated carbocycles. The molecule has 0 aliphatic carbocycles. The van der Waals surface area contributed by atoms with Crippen molar-refractivity contribution in [1.82, 2.24) is 25.1 Å². The molecule has 1 aromatic heterocycles. The Bertz CT molecular complexity index is 1260. The molecule has 0 bridgehead atoms. The van der Waals surface area contributed by atoms with Crippen molar-refractivity contribution in [3.63, 3.8) is 0 Å². The summed E-state index contributed by atoms with van der Waals surface area (Å²) in [6.07, 6.45) is 0. The van der Waals surface area contributed by atoms with Gasteiger partial charge in [0.15, 0.2) is 11.4 Å². The van der Waals surface area contributed by atoms with Crippen LogP contribution in [0.25, 0.3) is 0 Å². The van der Waals surface area contributed by atoms with E-state index < -0.39 is 11.6 Å². The van der Waals surface area contributed by atoms with Gasteiger partial charge in [-0.15, -0.1) is 26.8 Å². The molecule has 35 heavy (non-hydrogen) atoms. The third-order valence-electron chi connectivity index (χ3n) is 7.03. The van der Waals surface area contributed by atoms with Crippen LogP contribution in [0.3, 0.4) is 0 Å². The van der Waals surface area contributed by atoms with Crippen LogP contribution < -0.4 is 5.73 Å². The first-order valence-corrected chi connectivity index (χ1v) is 12.5. The van der Waals surface area contributed by atoms with Gasteiger partial charge < -0.3 is 10.6 Å². The molecule has 2 aliphatic heterocycles. The molecule has 8 heteroatoms. The number of thioether (sulfide) groups is 1. The van der Waals surface area contributed by atoms with Gasteiger partial charge in [-0.25, -0.2) is 0 Å². The Morgan fingerprint density at radius 2 is 1.34 bits per heavy atom. The first-order chi connectivity index (χ1) is 16.9. The van der Waals surface area contributed by atoms with Gasteiger partial charge in [0.05, 0.1) is 0 Å². The van der Waals surface area contributed by atoms with Crippen LogP contribution in [-0.2, 0) is 10.3 Å². The highest BCUT2D eigenvalue weighted by Crippen LogP contribution is 2.56. The molecule has 2 aliphatic rings. The zero-order chi connectivity index (χ0) is 24.2. The number of carbonyl (C=O) groups excluding carboxylic acids is 1. The van der Waals surface area contributed by atoms with Gasteiger partial charge in [0.2, 0.25) is 5.91 Å². The second-order valence-electron chi connectivity index (χ2n) is 9.53. The topological polar surface area (TPSA) is 89.9 Å². The van der Waals surface area contributed by atoms with Gasteiger partial charge in [0.1, 0.15) is 17.5 Å². The van der Waals surface area contributed by atoms with E-state index >= 15 is 0 Å². The maximum Gasteiger partial charge on any atom is 0.244 e. The van der Waals surface area contributed by atoms with E-state index in [0.717, 1.165) is 16.7 Å². The monoisotopic (exact) mass is 482 g/mol. The Kier molecular flexibility index (Phi) is 5.05. The lowest BCUT2D eigenvalue weighted by Crippen LogP contribution is -2.65. The molecule has 0 radical (unpaired) electrons. The van der Waals surface area contributed by atoms with Gasteiger partial charge in [0.25, 0.3) is 0 Å². The molecule has 2 unspecified atom stereocenters. The van der Waals surface area contributed by atoms with Crippen LogP contribution in [-0.4, -0.2) is 47.2 Å². The number of hydrogen-bond acceptors (Lipinski definition) is 6. The molecule has 3 heterocycles. The summed E-state index contributed by atoms with van der Waals surface area (Å²) in [5.41, 5.74) is 8.30. The zero-order valence-corrected chi connectivity index (χ0v) is 20.3. The number of fused-ring (bicyclic) bond motifs is 1. The predicted octanol–water partition coefficient (Wildman–Crippen LogP) is 3.58. The first kappa shape index (κ1) is 22.0. The molecule has 7 nitrogen and oxygen atoms in total. The Morgan fingerprint density at radius 1 is 0.857 bits per heavy atom. The second-order valence-corrected chi connectivity index (χ2v) is 11.3. The van der Waals surface area contributed by atoms with Crippen molar-refractivity contribution in [2.45, 2.75) is 41.6 Å². The molecular formula is C27H26N6OS. The van der Waals surface area contributed by atoms with E-state index in [4.69, 9.17) is 10.8 Å². The van der Waals surface area contributed by atoms with Gasteiger partial charge >= 0.3 is 0 Å². The van der Waals surface area contributed by atoms with Crippen molar-refractivity contribution >= 4 is 17.7 Å². The minimum Gasteiger partial charge on any atom is -0.317 e. The SMILES string of the molecule is CC1(C)S[C@H]2C(N)C(=O)N2C1c1nnn(C(c2ccccc2)(c2ccccc2)c2ccccc2)n1. The summed E-state index contributed by atoms with van der Waals surface area (Å²) in [7, 11) is 0. The molecule has 0 spiro atoms. The van der Waals surface area contributed by atoms with E-state index in [1.165, 1.54) is 0 Å². The number of benzene rings is 3. The van der Waals surface area contributed by atoms with Crippen molar-refractivity contribution in [3.05, 3.63) is 114 Å². The summed E-state index contributed by atoms with van der Waals surface area (Å²) in [5.74, 6) is 0.465. The summed E-state index contributed by atoms with van der Waals surface area (Å²) in [4.78, 5) is 16.2. The second kappa shape index (κ2) is 8.03. The molecular weight excluding hydrogens is 456 g/mol. The van der Waals surface area contributed by atoms with E-state index in [0.29, 0.717) is 5.82 Å². The highest BCUT2D eigenvalue weighted by atomic mass is 32.2. The molecule has 1 amide bonds. The highest BCUT2D eigenvalue weighted by molar-refractivity contribution is 8.01. The molecule has 2 fully saturated rings. The smallest absolute Gasteiger partial charge is 0.244 e. The Balaban J connectivity index is 1.57. The fraction of sp³-hybridized carbons (Fsp3) is 0.259. The number of nitrogens with zero attached hydrogens (tertiary/aromatic N) is 5. The largest absolute Gasteiger partial charge is 0.317 e. The highest BCUT2D eigenvalue weighted by Gasteiger charge is 2.62. The quantitative estimate of drug-likeness (QED) is 0.346. The lowest BCUT2D eigenvalue weighted by atomic mass is 9.77. The van der Waals surface area contributed by atoms with Crippen molar-refractivity contribution in [1.29, 1.82) is 0 Å². The van der Waals surface area contributed by atoms with Crippen molar-refractivity contribution in [3.8, 4) is 0 Å². The lowest BCUT2D eigenvalue weighted by molar-refractivity contribution is -0.147. The van der Waals surface area contributed by atoms with Crippen LogP contribution in [0.2, 0.25) is 0 Å². The van der Waals surface area contributed by atoms with Crippen LogP contribution in [0.15, 0.2) is 91.0 Å². The summed E-state index contributed by atoms with van der Waals surface area (Å²) in [6.45, 7) is 4.22. The maximum atomic E-state index is 12.7. The van der Waals surface area contributed by atoms with E-state index in [1.54, 1.807) is 16.6 Å². The van der Waals surface area contributed by atoms with E-state index in [-0.39, 0.29) is 22.1 Å². The van der Waals surface area contributed by atoms with E-state index in [2.05, 4.69) is 60.6 Å². The van der Waals surface area contributed by atoms with Gasteiger partial charge in [-0.05, 0) is 35.8 Å². The summed E-state index contributed by atoms with van der Waals surface area (Å²) in [6, 6.07) is 29.9. The average Bonchev–Trinajstić information content (AvgIpc) is 3.47. The number of hydrogen-bond donors (Lipinski definition) is 1. The Hall–Kier alpha value is -3.49. The van der Waals surface area contributed by atoms with Gasteiger partial charge in [-0.3, -0.25) is 4.79 Å². The number of rotatable bonds is 5. The Morgan fingerprint density at radius 3 is 1.83 bits per heavy atom. The molecule has 2 N–H and O–H groups in total. The third kappa shape index (κ3) is 3.17. The average molecular weight is 483 g/mol. The zero-order valence-electron chi connectivity index (χ0n) is 19.5. The molecule has 4 aromatic rings. The fourth-order valence-corrected chi connectivity index (χ4v) is 6.99. The van der Waals surface area contributed by atoms with Crippen LogP contribution in [0.4, 0.5) is 0 Å². The predicted molar refractivity (Wildman–Crippen MR) is 135 cm³/mol. The summed E-state index contributed by atoms with van der Waals surface area (Å²) in [5, 5.41) is 14.2. The molecule has 3 atom stereocenters. The number of nitrogens with two attached hydrogens (primary N) is 1. The van der Waals surface area contributed by atoms with Crippen LogP contribution in [0.5, 0.6) is 0 Å². The summed E-state index contributed by atoms with van der Waals surface area (Å²) < 4.78 is -0.294. The third-order valence-corrected chi connectivity index (χ3v) is 8.62. The van der Waals surface area contributed by atoms with E-state index in [1.807, 2.05) is 59.5 Å². The molecule has 2 saturated heterocycles. The number of carbonyl (C=O) groups is 1. The van der Waals surface area contributed by atoms with Crippen LogP contribution in [0, 0.1) is 0 Å². The minimum absolute atomic E-state index is 0.0587. The lowest BCUT2D eigenvalue weighted by Gasteiger charge is -2.42. The minimum atomic E-state index is -0.848. The molecule has 6 rings (SSSR count). The van der Waals surface area contributed by atoms with Crippen molar-refractivity contribution in [2.24, 2.45) is 5.73 Å². The van der Waals surface area contributed by atoms with Crippen LogP contribution >= 0.6 is 11.8 Å². The fourth-order valence-electron chi connectivity index (χ4n) is 5.42. The molecule has 176 valence electrons. The van der Waals surface area contributed by atoms with Crippen molar-refractivity contribution in [2.75, 3.05) is 0 Å². The normalized spacial score (nSPS) is 23.1. The number of aromatic nitrogens is 4. The van der Waals surface area contributed by atoms with Gasteiger partial charge in [-0.1, -0.05) is 91.0 Å². The summed E-state index contributed by atoms with van der Waals surface area (Å²) >= 11 is 1.70. The molecule has 3 aromatic carbocycles. The Labute approximate surface area is 208 Å². The van der Waals surface area contributed by atoms with E-state index in [9.17, 15) is 4.79 Å². The number of β-lactam (4-membered cyclic amide) rings is 1. The number of amides is 1. The van der Waals surface area contributed by atoms with Crippen LogP contribution in [0.1, 0.15) is 42.4 Å². The standard InChI is InChI=1S/C27H26N6OS/c1-26(2)22(32-24(34)21(28)25(32)35-26)23-29-31-33(30-23)27(18-12-6-3-7-13-18,19-14-8-4-9-15-19)20-16-10-5-11-17-20/h3-17,21-22,25H,28H2,1-2H3/t21?,22?,25-/m0/s1.